The molecule has 1 fully saturated rings. The van der Waals surface area contributed by atoms with Gasteiger partial charge in [-0.2, -0.15) is 0 Å². The molecule has 0 N–H and O–H groups in total. The Balaban J connectivity index is 2.26. The Morgan fingerprint density at radius 1 is 1.36 bits per heavy atom. The molecular formula is C13H16O. The van der Waals surface area contributed by atoms with Crippen molar-refractivity contribution in [3.63, 3.8) is 0 Å². The van der Waals surface area contributed by atoms with Crippen LogP contribution in [0.5, 0.6) is 0 Å². The Morgan fingerprint density at radius 3 is 2.64 bits per heavy atom. The van der Waals surface area contributed by atoms with Crippen LogP contribution in [-0.4, -0.2) is 5.78 Å². The first kappa shape index (κ1) is 9.45. The van der Waals surface area contributed by atoms with Crippen molar-refractivity contribution in [3.05, 3.63) is 35.4 Å². The third-order valence-electron chi connectivity index (χ3n) is 3.05. The number of Topliss-reactive ketones (excluding diaryl/α,β-unsaturated/α-hetero) is 1. The Labute approximate surface area is 85.1 Å². The highest BCUT2D eigenvalue weighted by Gasteiger charge is 2.29. The molecule has 1 unspecified atom stereocenters. The van der Waals surface area contributed by atoms with Crippen molar-refractivity contribution in [1.29, 1.82) is 0 Å². The van der Waals surface area contributed by atoms with Crippen LogP contribution in [0.2, 0.25) is 0 Å². The molecule has 1 aromatic carbocycles. The lowest BCUT2D eigenvalue weighted by atomic mass is 9.78. The minimum absolute atomic E-state index is 0.202. The molecule has 0 aromatic heterocycles. The van der Waals surface area contributed by atoms with Gasteiger partial charge in [-0.25, -0.2) is 0 Å². The highest BCUT2D eigenvalue weighted by molar-refractivity contribution is 5.91. The second kappa shape index (κ2) is 3.56. The van der Waals surface area contributed by atoms with Crippen molar-refractivity contribution in [2.75, 3.05) is 0 Å². The Bertz CT molecular complexity index is 352. The van der Waals surface area contributed by atoms with Gasteiger partial charge in [0.1, 0.15) is 5.78 Å². The molecular weight excluding hydrogens is 172 g/mol. The van der Waals surface area contributed by atoms with Crippen molar-refractivity contribution in [2.45, 2.75) is 38.5 Å². The predicted molar refractivity (Wildman–Crippen MR) is 57.5 cm³/mol. The van der Waals surface area contributed by atoms with Gasteiger partial charge in [0, 0.05) is 12.3 Å². The third-order valence-corrected chi connectivity index (χ3v) is 3.05. The van der Waals surface area contributed by atoms with Crippen LogP contribution in [0.4, 0.5) is 0 Å². The first-order valence-electron chi connectivity index (χ1n) is 5.31. The van der Waals surface area contributed by atoms with E-state index in [0.717, 1.165) is 12.8 Å². The number of hydrogen-bond acceptors (Lipinski definition) is 1. The fraction of sp³-hybridized carbons (Fsp3) is 0.462. The second-order valence-electron chi connectivity index (χ2n) is 4.38. The summed E-state index contributed by atoms with van der Waals surface area (Å²) in [4.78, 5) is 11.3. The van der Waals surface area contributed by atoms with Crippen LogP contribution < -0.4 is 0 Å². The lowest BCUT2D eigenvalue weighted by Gasteiger charge is -2.24. The van der Waals surface area contributed by atoms with E-state index in [4.69, 9.17) is 0 Å². The standard InChI is InChI=1S/C13H16O/c1-9(2)10-4-3-5-11(8-10)12-6-7-13(12)14/h3-5,8-9,12H,6-7H2,1-2H3. The highest BCUT2D eigenvalue weighted by atomic mass is 16.1. The lowest BCUT2D eigenvalue weighted by Crippen LogP contribution is -2.23. The number of ketones is 1. The molecule has 0 aliphatic heterocycles. The van der Waals surface area contributed by atoms with E-state index in [-0.39, 0.29) is 5.92 Å². The maximum absolute atomic E-state index is 11.3. The molecule has 0 heterocycles. The molecule has 1 heteroatoms. The summed E-state index contributed by atoms with van der Waals surface area (Å²) >= 11 is 0. The number of rotatable bonds is 2. The van der Waals surface area contributed by atoms with Gasteiger partial charge in [-0.3, -0.25) is 4.79 Å². The van der Waals surface area contributed by atoms with Gasteiger partial charge in [0.2, 0.25) is 0 Å². The Morgan fingerprint density at radius 2 is 2.14 bits per heavy atom. The van der Waals surface area contributed by atoms with E-state index in [2.05, 4.69) is 38.1 Å². The largest absolute Gasteiger partial charge is 0.299 e. The van der Waals surface area contributed by atoms with Crippen LogP contribution in [0, 0.1) is 0 Å². The molecule has 1 aliphatic rings. The van der Waals surface area contributed by atoms with Gasteiger partial charge < -0.3 is 0 Å². The van der Waals surface area contributed by atoms with Gasteiger partial charge in [-0.05, 0) is 23.5 Å². The maximum Gasteiger partial charge on any atom is 0.140 e. The first-order chi connectivity index (χ1) is 6.68. The summed E-state index contributed by atoms with van der Waals surface area (Å²) in [5.74, 6) is 1.16. The quantitative estimate of drug-likeness (QED) is 0.696. The normalized spacial score (nSPS) is 21.1. The van der Waals surface area contributed by atoms with E-state index in [1.807, 2.05) is 0 Å². The van der Waals surface area contributed by atoms with Crippen LogP contribution in [0.1, 0.15) is 49.7 Å². The topological polar surface area (TPSA) is 17.1 Å². The predicted octanol–water partition coefficient (Wildman–Crippen LogP) is 3.26. The molecule has 1 aromatic rings. The third kappa shape index (κ3) is 1.59. The molecule has 1 saturated carbocycles. The first-order valence-corrected chi connectivity index (χ1v) is 5.31. The van der Waals surface area contributed by atoms with Gasteiger partial charge in [0.15, 0.2) is 0 Å². The average molecular weight is 188 g/mol. The maximum atomic E-state index is 11.3. The number of carbonyl (C=O) groups excluding carboxylic acids is 1. The van der Waals surface area contributed by atoms with Gasteiger partial charge in [-0.1, -0.05) is 38.1 Å². The SMILES string of the molecule is CC(C)c1cccc(C2CCC2=O)c1. The average Bonchev–Trinajstić information content (AvgIpc) is 2.16. The van der Waals surface area contributed by atoms with E-state index < -0.39 is 0 Å². The van der Waals surface area contributed by atoms with Crippen molar-refractivity contribution in [3.8, 4) is 0 Å². The Kier molecular flexibility index (Phi) is 2.40. The van der Waals surface area contributed by atoms with E-state index in [1.54, 1.807) is 0 Å². The van der Waals surface area contributed by atoms with Crippen LogP contribution in [0.3, 0.4) is 0 Å². The zero-order valence-corrected chi connectivity index (χ0v) is 8.79. The summed E-state index contributed by atoms with van der Waals surface area (Å²) in [6, 6.07) is 8.47. The van der Waals surface area contributed by atoms with E-state index in [1.165, 1.54) is 11.1 Å². The van der Waals surface area contributed by atoms with E-state index >= 15 is 0 Å². The molecule has 0 spiro atoms. The molecule has 1 aliphatic carbocycles. The van der Waals surface area contributed by atoms with Gasteiger partial charge >= 0.3 is 0 Å². The zero-order chi connectivity index (χ0) is 10.1. The monoisotopic (exact) mass is 188 g/mol. The van der Waals surface area contributed by atoms with Crippen molar-refractivity contribution in [1.82, 2.24) is 0 Å². The van der Waals surface area contributed by atoms with Crippen molar-refractivity contribution in [2.24, 2.45) is 0 Å². The van der Waals surface area contributed by atoms with Crippen LogP contribution in [0.25, 0.3) is 0 Å². The van der Waals surface area contributed by atoms with E-state index in [0.29, 0.717) is 11.7 Å². The molecule has 1 atom stereocenters. The van der Waals surface area contributed by atoms with Crippen LogP contribution in [-0.2, 0) is 4.79 Å². The second-order valence-corrected chi connectivity index (χ2v) is 4.38. The molecule has 0 amide bonds. The molecule has 0 saturated heterocycles. The number of hydrogen-bond donors (Lipinski definition) is 0. The highest BCUT2D eigenvalue weighted by Crippen LogP contribution is 2.33. The van der Waals surface area contributed by atoms with Crippen molar-refractivity contribution < 1.29 is 4.79 Å². The summed E-state index contributed by atoms with van der Waals surface area (Å²) in [5.41, 5.74) is 2.55. The van der Waals surface area contributed by atoms with Crippen LogP contribution in [0.15, 0.2) is 24.3 Å². The molecule has 74 valence electrons. The zero-order valence-electron chi connectivity index (χ0n) is 8.79. The van der Waals surface area contributed by atoms with E-state index in [9.17, 15) is 4.79 Å². The fourth-order valence-electron chi connectivity index (χ4n) is 1.89. The minimum Gasteiger partial charge on any atom is -0.299 e. The summed E-state index contributed by atoms with van der Waals surface area (Å²) in [5, 5.41) is 0. The summed E-state index contributed by atoms with van der Waals surface area (Å²) in [7, 11) is 0. The van der Waals surface area contributed by atoms with Gasteiger partial charge in [0.05, 0.1) is 0 Å². The summed E-state index contributed by atoms with van der Waals surface area (Å²) in [6.07, 6.45) is 1.82. The molecule has 2 rings (SSSR count). The van der Waals surface area contributed by atoms with Gasteiger partial charge in [0.25, 0.3) is 0 Å². The molecule has 0 radical (unpaired) electrons. The smallest absolute Gasteiger partial charge is 0.140 e. The molecule has 0 bridgehead atoms. The Hall–Kier alpha value is -1.11. The number of carbonyl (C=O) groups is 1. The lowest BCUT2D eigenvalue weighted by molar-refractivity contribution is -0.125. The van der Waals surface area contributed by atoms with Crippen molar-refractivity contribution >= 4 is 5.78 Å². The fourth-order valence-corrected chi connectivity index (χ4v) is 1.89. The van der Waals surface area contributed by atoms with Crippen LogP contribution >= 0.6 is 0 Å². The molecule has 1 nitrogen and oxygen atoms in total. The number of benzene rings is 1. The summed E-state index contributed by atoms with van der Waals surface area (Å²) < 4.78 is 0. The summed E-state index contributed by atoms with van der Waals surface area (Å²) in [6.45, 7) is 4.36. The van der Waals surface area contributed by atoms with Gasteiger partial charge in [-0.15, -0.1) is 0 Å². The minimum atomic E-state index is 0.202. The molecule has 14 heavy (non-hydrogen) atoms.